The highest BCUT2D eigenvalue weighted by Crippen LogP contribution is 2.25. The first kappa shape index (κ1) is 13.8. The Morgan fingerprint density at radius 3 is 2.90 bits per heavy atom. The van der Waals surface area contributed by atoms with Gasteiger partial charge in [0.15, 0.2) is 0 Å². The number of aryl methyl sites for hydroxylation is 1. The van der Waals surface area contributed by atoms with E-state index >= 15 is 0 Å². The Bertz CT molecular complexity index is 689. The lowest BCUT2D eigenvalue weighted by Gasteiger charge is -2.27. The molecule has 1 N–H and O–H groups in total. The van der Waals surface area contributed by atoms with Crippen molar-refractivity contribution in [2.24, 2.45) is 0 Å². The predicted molar refractivity (Wildman–Crippen MR) is 82.4 cm³/mol. The molecule has 0 atom stereocenters. The van der Waals surface area contributed by atoms with Crippen LogP contribution in [0.5, 0.6) is 0 Å². The van der Waals surface area contributed by atoms with Crippen molar-refractivity contribution in [3.8, 4) is 11.3 Å². The fourth-order valence-corrected chi connectivity index (χ4v) is 2.44. The molecule has 3 rings (SSSR count). The van der Waals surface area contributed by atoms with E-state index in [2.05, 4.69) is 15.3 Å². The molecule has 1 aromatic heterocycles. The van der Waals surface area contributed by atoms with Gasteiger partial charge in [0.1, 0.15) is 12.1 Å². The summed E-state index contributed by atoms with van der Waals surface area (Å²) in [5.74, 6) is 0.770. The molecule has 2 heterocycles. The molecule has 0 unspecified atom stereocenters. The summed E-state index contributed by atoms with van der Waals surface area (Å²) in [6.45, 7) is 3.67. The number of rotatable bonds is 2. The number of piperazine rings is 1. The highest BCUT2D eigenvalue weighted by atomic mass is 35.5. The Hall–Kier alpha value is -2.14. The van der Waals surface area contributed by atoms with Crippen molar-refractivity contribution in [1.82, 2.24) is 15.3 Å². The first-order chi connectivity index (χ1) is 10.1. The van der Waals surface area contributed by atoms with E-state index in [1.165, 1.54) is 6.33 Å². The molecule has 1 aliphatic rings. The summed E-state index contributed by atoms with van der Waals surface area (Å²) in [6, 6.07) is 7.73. The summed E-state index contributed by atoms with van der Waals surface area (Å²) in [5, 5.41) is 3.51. The van der Waals surface area contributed by atoms with Crippen molar-refractivity contribution in [3.63, 3.8) is 0 Å². The molecule has 1 saturated heterocycles. The van der Waals surface area contributed by atoms with Crippen LogP contribution in [0.25, 0.3) is 11.3 Å². The van der Waals surface area contributed by atoms with Crippen molar-refractivity contribution in [1.29, 1.82) is 0 Å². The van der Waals surface area contributed by atoms with Crippen molar-refractivity contribution in [3.05, 3.63) is 41.2 Å². The van der Waals surface area contributed by atoms with Crippen LogP contribution in [-0.2, 0) is 4.79 Å². The molecule has 0 aliphatic carbocycles. The SMILES string of the molecule is Cc1ccc(-c2cc(N3CCNC(=O)C3)ncn2)cc1Cl. The summed E-state index contributed by atoms with van der Waals surface area (Å²) < 4.78 is 0. The number of benzene rings is 1. The zero-order valence-corrected chi connectivity index (χ0v) is 12.4. The number of nitrogens with zero attached hydrogens (tertiary/aromatic N) is 3. The molecule has 108 valence electrons. The zero-order chi connectivity index (χ0) is 14.8. The Balaban J connectivity index is 1.92. The molecule has 0 saturated carbocycles. The van der Waals surface area contributed by atoms with Gasteiger partial charge in [-0.1, -0.05) is 23.7 Å². The number of amides is 1. The van der Waals surface area contributed by atoms with Gasteiger partial charge in [-0.05, 0) is 18.6 Å². The maximum absolute atomic E-state index is 11.5. The lowest BCUT2D eigenvalue weighted by atomic mass is 10.1. The molecule has 0 bridgehead atoms. The van der Waals surface area contributed by atoms with E-state index < -0.39 is 0 Å². The molecule has 21 heavy (non-hydrogen) atoms. The Morgan fingerprint density at radius 2 is 2.14 bits per heavy atom. The number of hydrogen-bond acceptors (Lipinski definition) is 4. The lowest BCUT2D eigenvalue weighted by molar-refractivity contribution is -0.120. The van der Waals surface area contributed by atoms with Crippen LogP contribution in [-0.4, -0.2) is 35.5 Å². The summed E-state index contributed by atoms with van der Waals surface area (Å²) in [4.78, 5) is 22.0. The van der Waals surface area contributed by atoms with Crippen LogP contribution >= 0.6 is 11.6 Å². The third kappa shape index (κ3) is 2.97. The first-order valence-corrected chi connectivity index (χ1v) is 7.11. The summed E-state index contributed by atoms with van der Waals surface area (Å²) in [7, 11) is 0. The van der Waals surface area contributed by atoms with Gasteiger partial charge in [-0.3, -0.25) is 4.79 Å². The molecule has 2 aromatic rings. The maximum atomic E-state index is 11.5. The molecule has 6 heteroatoms. The molecule has 1 amide bonds. The molecular weight excluding hydrogens is 288 g/mol. The number of halogens is 1. The topological polar surface area (TPSA) is 58.1 Å². The summed E-state index contributed by atoms with van der Waals surface area (Å²) >= 11 is 6.16. The monoisotopic (exact) mass is 302 g/mol. The molecule has 0 radical (unpaired) electrons. The first-order valence-electron chi connectivity index (χ1n) is 6.74. The van der Waals surface area contributed by atoms with E-state index in [-0.39, 0.29) is 5.91 Å². The smallest absolute Gasteiger partial charge is 0.239 e. The fourth-order valence-electron chi connectivity index (χ4n) is 2.26. The van der Waals surface area contributed by atoms with E-state index in [0.717, 1.165) is 29.2 Å². The predicted octanol–water partition coefficient (Wildman–Crippen LogP) is 2.04. The van der Waals surface area contributed by atoms with Gasteiger partial charge in [-0.2, -0.15) is 0 Å². The molecule has 1 aromatic carbocycles. The maximum Gasteiger partial charge on any atom is 0.239 e. The van der Waals surface area contributed by atoms with E-state index in [9.17, 15) is 4.79 Å². The average Bonchev–Trinajstić information content (AvgIpc) is 2.50. The van der Waals surface area contributed by atoms with Gasteiger partial charge in [0.25, 0.3) is 0 Å². The van der Waals surface area contributed by atoms with E-state index in [1.807, 2.05) is 36.1 Å². The van der Waals surface area contributed by atoms with Crippen molar-refractivity contribution in [2.75, 3.05) is 24.5 Å². The molecular formula is C15H15ClN4O. The van der Waals surface area contributed by atoms with Crippen molar-refractivity contribution < 1.29 is 4.79 Å². The standard InChI is InChI=1S/C15H15ClN4O/c1-10-2-3-11(6-12(10)16)13-7-14(19-9-18-13)20-5-4-17-15(21)8-20/h2-3,6-7,9H,4-5,8H2,1H3,(H,17,21). The number of carbonyl (C=O) groups is 1. The van der Waals surface area contributed by atoms with Crippen molar-refractivity contribution >= 4 is 23.3 Å². The number of carbonyl (C=O) groups excluding carboxylic acids is 1. The lowest BCUT2D eigenvalue weighted by Crippen LogP contribution is -2.48. The highest BCUT2D eigenvalue weighted by Gasteiger charge is 2.18. The number of hydrogen-bond donors (Lipinski definition) is 1. The minimum absolute atomic E-state index is 0.0137. The van der Waals surface area contributed by atoms with Crippen LogP contribution in [0.4, 0.5) is 5.82 Å². The van der Waals surface area contributed by atoms with Crippen LogP contribution in [0.15, 0.2) is 30.6 Å². The Labute approximate surface area is 128 Å². The summed E-state index contributed by atoms with van der Waals surface area (Å²) in [5.41, 5.74) is 2.77. The van der Waals surface area contributed by atoms with Crippen LogP contribution < -0.4 is 10.2 Å². The van der Waals surface area contributed by atoms with Crippen molar-refractivity contribution in [2.45, 2.75) is 6.92 Å². The van der Waals surface area contributed by atoms with Gasteiger partial charge in [-0.25, -0.2) is 9.97 Å². The van der Waals surface area contributed by atoms with Crippen LogP contribution in [0.3, 0.4) is 0 Å². The average molecular weight is 303 g/mol. The molecule has 1 aliphatic heterocycles. The third-order valence-electron chi connectivity index (χ3n) is 3.48. The zero-order valence-electron chi connectivity index (χ0n) is 11.6. The second-order valence-corrected chi connectivity index (χ2v) is 5.40. The second-order valence-electron chi connectivity index (χ2n) is 5.00. The fraction of sp³-hybridized carbons (Fsp3) is 0.267. The third-order valence-corrected chi connectivity index (χ3v) is 3.89. The largest absolute Gasteiger partial charge is 0.353 e. The Kier molecular flexibility index (Phi) is 3.75. The molecule has 1 fully saturated rings. The van der Waals surface area contributed by atoms with Crippen LogP contribution in [0.1, 0.15) is 5.56 Å². The minimum atomic E-state index is 0.0137. The van der Waals surface area contributed by atoms with E-state index in [1.54, 1.807) is 0 Å². The molecule has 5 nitrogen and oxygen atoms in total. The highest BCUT2D eigenvalue weighted by molar-refractivity contribution is 6.31. The normalized spacial score (nSPS) is 15.0. The number of aromatic nitrogens is 2. The van der Waals surface area contributed by atoms with Gasteiger partial charge in [0.05, 0.1) is 12.2 Å². The molecule has 0 spiro atoms. The van der Waals surface area contributed by atoms with Crippen LogP contribution in [0, 0.1) is 6.92 Å². The minimum Gasteiger partial charge on any atom is -0.353 e. The van der Waals surface area contributed by atoms with Crippen LogP contribution in [0.2, 0.25) is 5.02 Å². The van der Waals surface area contributed by atoms with Gasteiger partial charge in [0.2, 0.25) is 5.91 Å². The van der Waals surface area contributed by atoms with Gasteiger partial charge >= 0.3 is 0 Å². The van der Waals surface area contributed by atoms with Gasteiger partial charge in [-0.15, -0.1) is 0 Å². The van der Waals surface area contributed by atoms with E-state index in [4.69, 9.17) is 11.6 Å². The Morgan fingerprint density at radius 1 is 1.29 bits per heavy atom. The number of anilines is 1. The van der Waals surface area contributed by atoms with Gasteiger partial charge < -0.3 is 10.2 Å². The number of nitrogens with one attached hydrogen (secondary N) is 1. The quantitative estimate of drug-likeness (QED) is 0.922. The van der Waals surface area contributed by atoms with Gasteiger partial charge in [0, 0.05) is 29.7 Å². The second kappa shape index (κ2) is 5.69. The van der Waals surface area contributed by atoms with E-state index in [0.29, 0.717) is 18.1 Å². The summed E-state index contributed by atoms with van der Waals surface area (Å²) in [6.07, 6.45) is 1.52.